The number of rotatable bonds is 6. The summed E-state index contributed by atoms with van der Waals surface area (Å²) in [6.07, 6.45) is 1.91. The Kier molecular flexibility index (Phi) is 11.9. The maximum Gasteiger partial charge on any atom is 0.161 e. The summed E-state index contributed by atoms with van der Waals surface area (Å²) in [6, 6.07) is 113. The topological polar surface area (TPSA) is 83.1 Å². The lowest BCUT2D eigenvalue weighted by Crippen LogP contribution is -2.15. The van der Waals surface area contributed by atoms with E-state index < -0.39 is 0 Å². The average Bonchev–Trinajstić information content (AvgIpc) is 1.54. The van der Waals surface area contributed by atoms with Crippen LogP contribution >= 0.6 is 0 Å². The minimum Gasteiger partial charge on any atom is -0.309 e. The monoisotopic (exact) mass is 1340 g/mol. The van der Waals surface area contributed by atoms with Crippen LogP contribution in [0.4, 0.5) is 0 Å². The lowest BCUT2D eigenvalue weighted by atomic mass is 9.82. The minimum absolute atomic E-state index is 0.104. The zero-order valence-corrected chi connectivity index (χ0v) is 57.1. The molecule has 0 saturated heterocycles. The first kappa shape index (κ1) is 57.8. The van der Waals surface area contributed by atoms with Gasteiger partial charge in [-0.15, -0.1) is 0 Å². The van der Waals surface area contributed by atoms with Gasteiger partial charge < -0.3 is 13.4 Å². The summed E-state index contributed by atoms with van der Waals surface area (Å²) in [7, 11) is 0. The third-order valence-electron chi connectivity index (χ3n) is 22.7. The Labute approximate surface area is 600 Å². The number of benzene rings is 14. The van der Waals surface area contributed by atoms with E-state index >= 15 is 0 Å². The molecule has 9 nitrogen and oxygen atoms in total. The van der Waals surface area contributed by atoms with Crippen LogP contribution in [0.15, 0.2) is 322 Å². The Morgan fingerprint density at radius 1 is 0.267 bits per heavy atom. The summed E-state index contributed by atoms with van der Waals surface area (Å²) in [5, 5.41) is 17.2. The maximum atomic E-state index is 5.41. The van der Waals surface area contributed by atoms with E-state index in [1.54, 1.807) is 0 Å². The van der Waals surface area contributed by atoms with Gasteiger partial charge in [-0.1, -0.05) is 238 Å². The molecule has 9 aromatic heterocycles. The van der Waals surface area contributed by atoms with Crippen LogP contribution in [-0.2, 0) is 5.41 Å². The Morgan fingerprint density at radius 3 is 1.31 bits per heavy atom. The molecule has 0 fully saturated rings. The maximum absolute atomic E-state index is 5.41. The van der Waals surface area contributed by atoms with Crippen molar-refractivity contribution >= 4 is 142 Å². The summed E-state index contributed by atoms with van der Waals surface area (Å²) in [6.45, 7) is 4.67. The average molecular weight is 1340 g/mol. The second kappa shape index (κ2) is 21.6. The first-order valence-electron chi connectivity index (χ1n) is 36.0. The van der Waals surface area contributed by atoms with Crippen molar-refractivity contribution in [3.05, 3.63) is 333 Å². The van der Waals surface area contributed by atoms with Gasteiger partial charge in [0.25, 0.3) is 0 Å². The van der Waals surface area contributed by atoms with Crippen LogP contribution in [0, 0.1) is 0 Å². The standard InChI is InChI=1S/C53H34N4.C43H25N5/c1-53(2)41-21-6-3-15-34(41)35-28-27-31(30-42(35)53)50-40-17-4-7-22-43(40)54-52(55-50)32-13-9-14-33(29-32)56-45-24-11-18-37-39-20-10-19-38-36-16-5-8-23-44(36)57(51(38)39)47-26-12-25-46(56)49(47)48(37)45;1-2-11-26(12-3-1)41-32-14-4-6-18-33(32)45-43(46-41)27-23-24-38(44-25-27)47-35-20-9-15-29-31-17-8-16-30-28-13-5-7-19-34(28)48(42(30)31)37-22-10-21-36(47)40(37)39(29)35/h3-30H,1-2H3;1-25H. The Hall–Kier alpha value is -13.9. The number of hydrogen-bond donors (Lipinski definition) is 0. The molecule has 488 valence electrons. The van der Waals surface area contributed by atoms with Gasteiger partial charge in [-0.05, 0) is 124 Å². The van der Waals surface area contributed by atoms with Crippen LogP contribution in [-0.4, -0.2) is 42.9 Å². The molecule has 105 heavy (non-hydrogen) atoms. The molecule has 0 unspecified atom stereocenters. The van der Waals surface area contributed by atoms with E-state index in [4.69, 9.17) is 24.9 Å². The van der Waals surface area contributed by atoms with Crippen LogP contribution < -0.4 is 0 Å². The van der Waals surface area contributed by atoms with Crippen molar-refractivity contribution in [2.75, 3.05) is 0 Å². The molecule has 0 saturated carbocycles. The van der Waals surface area contributed by atoms with Gasteiger partial charge in [0.05, 0.1) is 77.6 Å². The molecule has 1 aliphatic carbocycles. The number of pyridine rings is 1. The second-order valence-electron chi connectivity index (χ2n) is 28.6. The predicted octanol–water partition coefficient (Wildman–Crippen LogP) is 24.1. The van der Waals surface area contributed by atoms with Crippen molar-refractivity contribution in [2.45, 2.75) is 19.3 Å². The van der Waals surface area contributed by atoms with Crippen LogP contribution in [0.1, 0.15) is 25.0 Å². The van der Waals surface area contributed by atoms with Crippen LogP contribution in [0.2, 0.25) is 0 Å². The molecule has 9 heteroatoms. The number of nitrogens with zero attached hydrogens (tertiary/aromatic N) is 9. The number of aromatic nitrogens is 9. The quantitative estimate of drug-likeness (QED) is 0.166. The van der Waals surface area contributed by atoms with Crippen molar-refractivity contribution in [1.82, 2.24) is 42.9 Å². The van der Waals surface area contributed by atoms with E-state index in [0.717, 1.165) is 78.0 Å². The van der Waals surface area contributed by atoms with Crippen LogP contribution in [0.25, 0.3) is 210 Å². The number of para-hydroxylation sites is 6. The van der Waals surface area contributed by atoms with E-state index in [1.807, 2.05) is 42.6 Å². The van der Waals surface area contributed by atoms with Crippen molar-refractivity contribution in [2.24, 2.45) is 0 Å². The second-order valence-corrected chi connectivity index (χ2v) is 28.6. The fourth-order valence-electron chi connectivity index (χ4n) is 18.2. The van der Waals surface area contributed by atoms with Gasteiger partial charge in [-0.25, -0.2) is 24.9 Å². The largest absolute Gasteiger partial charge is 0.309 e. The molecule has 0 radical (unpaired) electrons. The molecule has 0 N–H and O–H groups in total. The molecule has 0 bridgehead atoms. The third kappa shape index (κ3) is 8.09. The van der Waals surface area contributed by atoms with Gasteiger partial charge in [0.2, 0.25) is 0 Å². The zero-order valence-electron chi connectivity index (χ0n) is 57.1. The van der Waals surface area contributed by atoms with Gasteiger partial charge in [-0.3, -0.25) is 4.57 Å². The molecule has 1 aliphatic rings. The third-order valence-corrected chi connectivity index (χ3v) is 22.7. The molecule has 14 aromatic carbocycles. The summed E-state index contributed by atoms with van der Waals surface area (Å²) in [5.41, 5.74) is 26.0. The molecule has 24 rings (SSSR count). The van der Waals surface area contributed by atoms with Crippen molar-refractivity contribution < 1.29 is 0 Å². The SMILES string of the molecule is CC1(C)c2ccccc2-c2ccc(-c3nc(-c4cccc(-n5c6cccc7c8cccc9c%10ccccc%10n(c%10cccc5c%10c76)c89)c4)nc4ccccc34)cc21.c1ccc(-c2nc(-c3ccc(-n4c5cccc6c7cccc8c9ccccc9n(c9cccc4c9c65)c78)nc3)nc3ccccc23)cc1. The number of hydrogen-bond acceptors (Lipinski definition) is 5. The first-order chi connectivity index (χ1) is 51.9. The minimum atomic E-state index is -0.104. The smallest absolute Gasteiger partial charge is 0.161 e. The summed E-state index contributed by atoms with van der Waals surface area (Å²) < 4.78 is 9.69. The Balaban J connectivity index is 0.000000130. The highest BCUT2D eigenvalue weighted by Gasteiger charge is 2.36. The van der Waals surface area contributed by atoms with E-state index in [2.05, 4.69) is 311 Å². The summed E-state index contributed by atoms with van der Waals surface area (Å²) >= 11 is 0. The van der Waals surface area contributed by atoms with Gasteiger partial charge in [-0.2, -0.15) is 0 Å². The van der Waals surface area contributed by atoms with E-state index in [-0.39, 0.29) is 5.41 Å². The molecular weight excluding hydrogens is 1280 g/mol. The van der Waals surface area contributed by atoms with Gasteiger partial charge in [0, 0.05) is 104 Å². The van der Waals surface area contributed by atoms with Crippen molar-refractivity contribution in [3.8, 4) is 67.9 Å². The Bertz CT molecular complexity index is 7620. The van der Waals surface area contributed by atoms with Crippen molar-refractivity contribution in [1.29, 1.82) is 0 Å². The highest BCUT2D eigenvalue weighted by molar-refractivity contribution is 6.33. The Morgan fingerprint density at radius 2 is 0.695 bits per heavy atom. The van der Waals surface area contributed by atoms with E-state index in [0.29, 0.717) is 11.6 Å². The summed E-state index contributed by atoms with van der Waals surface area (Å²) in [4.78, 5) is 25.7. The lowest BCUT2D eigenvalue weighted by molar-refractivity contribution is 0.660. The fraction of sp³-hybridized carbons (Fsp3) is 0.0312. The molecule has 0 spiro atoms. The number of fused-ring (bicyclic) bond motifs is 15. The van der Waals surface area contributed by atoms with Gasteiger partial charge >= 0.3 is 0 Å². The van der Waals surface area contributed by atoms with Crippen LogP contribution in [0.5, 0.6) is 0 Å². The van der Waals surface area contributed by atoms with Gasteiger partial charge in [0.15, 0.2) is 11.6 Å². The summed E-state index contributed by atoms with van der Waals surface area (Å²) in [5.74, 6) is 2.23. The van der Waals surface area contributed by atoms with E-state index in [1.165, 1.54) is 131 Å². The molecule has 9 heterocycles. The molecular formula is C96H59N9. The van der Waals surface area contributed by atoms with E-state index in [9.17, 15) is 0 Å². The zero-order chi connectivity index (χ0) is 68.9. The molecule has 0 aliphatic heterocycles. The first-order valence-corrected chi connectivity index (χ1v) is 36.0. The highest BCUT2D eigenvalue weighted by Crippen LogP contribution is 2.51. The highest BCUT2D eigenvalue weighted by atomic mass is 15.1. The normalized spacial score (nSPS) is 12.9. The molecule has 0 amide bonds. The molecule has 23 aromatic rings. The lowest BCUT2D eigenvalue weighted by Gasteiger charge is -2.22. The molecule has 0 atom stereocenters. The van der Waals surface area contributed by atoms with Crippen LogP contribution in [0.3, 0.4) is 0 Å². The fourth-order valence-corrected chi connectivity index (χ4v) is 18.2. The van der Waals surface area contributed by atoms with Gasteiger partial charge in [0.1, 0.15) is 5.82 Å². The predicted molar refractivity (Wildman–Crippen MR) is 434 cm³/mol. The van der Waals surface area contributed by atoms with Crippen molar-refractivity contribution in [3.63, 3.8) is 0 Å².